The van der Waals surface area contributed by atoms with Crippen molar-refractivity contribution in [3.8, 4) is 17.6 Å². The SMILES string of the molecule is COc1ccc(C(C)NC(=O)/C(C#N)=C\Nc2cc(Br)ccn2)cc1OC. The highest BCUT2D eigenvalue weighted by atomic mass is 79.9. The number of nitrogens with one attached hydrogen (secondary N) is 2. The average molecular weight is 431 g/mol. The minimum Gasteiger partial charge on any atom is -0.493 e. The number of nitrogens with zero attached hydrogens (tertiary/aromatic N) is 2. The summed E-state index contributed by atoms with van der Waals surface area (Å²) in [6.07, 6.45) is 2.93. The quantitative estimate of drug-likeness (QED) is 0.514. The summed E-state index contributed by atoms with van der Waals surface area (Å²) in [7, 11) is 3.10. The summed E-state index contributed by atoms with van der Waals surface area (Å²) < 4.78 is 11.3. The molecule has 1 atom stereocenters. The molecule has 2 N–H and O–H groups in total. The number of aromatic nitrogens is 1. The van der Waals surface area contributed by atoms with Gasteiger partial charge in [0.1, 0.15) is 17.5 Å². The molecule has 0 bridgehead atoms. The lowest BCUT2D eigenvalue weighted by molar-refractivity contribution is -0.117. The van der Waals surface area contributed by atoms with Gasteiger partial charge in [0.05, 0.1) is 20.3 Å². The van der Waals surface area contributed by atoms with Gasteiger partial charge in [-0.05, 0) is 36.8 Å². The molecular formula is C19H19BrN4O3. The fourth-order valence-corrected chi connectivity index (χ4v) is 2.59. The number of anilines is 1. The van der Waals surface area contributed by atoms with Crippen LogP contribution in [0.4, 0.5) is 5.82 Å². The maximum atomic E-state index is 12.4. The molecule has 7 nitrogen and oxygen atoms in total. The zero-order valence-electron chi connectivity index (χ0n) is 15.1. The molecule has 1 amide bonds. The normalized spacial score (nSPS) is 11.9. The standard InChI is InChI=1S/C19H19BrN4O3/c1-12(13-4-5-16(26-2)17(8-13)27-3)24-19(25)14(10-21)11-23-18-9-15(20)6-7-22-18/h4-9,11-12H,1-3H3,(H,22,23)(H,24,25)/b14-11-. The van der Waals surface area contributed by atoms with Crippen molar-refractivity contribution >= 4 is 27.7 Å². The highest BCUT2D eigenvalue weighted by Gasteiger charge is 2.15. The maximum absolute atomic E-state index is 12.4. The van der Waals surface area contributed by atoms with Crippen molar-refractivity contribution < 1.29 is 14.3 Å². The molecule has 1 aromatic heterocycles. The Balaban J connectivity index is 2.09. The molecule has 0 saturated heterocycles. The number of hydrogen-bond acceptors (Lipinski definition) is 6. The van der Waals surface area contributed by atoms with Crippen LogP contribution in [0.15, 0.2) is 52.8 Å². The number of methoxy groups -OCH3 is 2. The predicted molar refractivity (Wildman–Crippen MR) is 105 cm³/mol. The van der Waals surface area contributed by atoms with E-state index >= 15 is 0 Å². The number of carbonyl (C=O) groups excluding carboxylic acids is 1. The van der Waals surface area contributed by atoms with Gasteiger partial charge in [0.15, 0.2) is 11.5 Å². The third-order valence-electron chi connectivity index (χ3n) is 3.71. The molecule has 0 fully saturated rings. The first kappa shape index (κ1) is 20.3. The summed E-state index contributed by atoms with van der Waals surface area (Å²) in [6.45, 7) is 1.82. The first-order valence-corrected chi connectivity index (χ1v) is 8.79. The molecule has 140 valence electrons. The average Bonchev–Trinajstić information content (AvgIpc) is 2.67. The smallest absolute Gasteiger partial charge is 0.263 e. The molecule has 2 aromatic rings. The lowest BCUT2D eigenvalue weighted by Crippen LogP contribution is -2.28. The molecule has 1 unspecified atom stereocenters. The second-order valence-corrected chi connectivity index (χ2v) is 6.40. The summed E-state index contributed by atoms with van der Waals surface area (Å²) in [4.78, 5) is 16.5. The number of carbonyl (C=O) groups is 1. The zero-order valence-corrected chi connectivity index (χ0v) is 16.7. The maximum Gasteiger partial charge on any atom is 0.263 e. The van der Waals surface area contributed by atoms with E-state index in [4.69, 9.17) is 9.47 Å². The molecule has 2 rings (SSSR count). The number of nitriles is 1. The number of rotatable bonds is 7. The number of pyridine rings is 1. The Kier molecular flexibility index (Phi) is 7.20. The van der Waals surface area contributed by atoms with Gasteiger partial charge in [-0.15, -0.1) is 0 Å². The Morgan fingerprint density at radius 3 is 2.63 bits per heavy atom. The monoisotopic (exact) mass is 430 g/mol. The minimum absolute atomic E-state index is 0.0656. The highest BCUT2D eigenvalue weighted by Crippen LogP contribution is 2.29. The van der Waals surface area contributed by atoms with Crippen LogP contribution in [0.3, 0.4) is 0 Å². The van der Waals surface area contributed by atoms with Gasteiger partial charge >= 0.3 is 0 Å². The van der Waals surface area contributed by atoms with E-state index in [9.17, 15) is 10.1 Å². The van der Waals surface area contributed by atoms with Crippen LogP contribution < -0.4 is 20.1 Å². The first-order valence-electron chi connectivity index (χ1n) is 7.99. The van der Waals surface area contributed by atoms with E-state index < -0.39 is 5.91 Å². The minimum atomic E-state index is -0.498. The third kappa shape index (κ3) is 5.46. The van der Waals surface area contributed by atoms with Crippen molar-refractivity contribution in [2.75, 3.05) is 19.5 Å². The summed E-state index contributed by atoms with van der Waals surface area (Å²) in [6, 6.07) is 10.4. The van der Waals surface area contributed by atoms with Gasteiger partial charge in [-0.25, -0.2) is 4.98 Å². The molecule has 0 aliphatic heterocycles. The predicted octanol–water partition coefficient (Wildman–Crippen LogP) is 3.56. The van der Waals surface area contributed by atoms with Crippen molar-refractivity contribution in [3.05, 3.63) is 58.3 Å². The van der Waals surface area contributed by atoms with Gasteiger partial charge in [0.2, 0.25) is 0 Å². The summed E-state index contributed by atoms with van der Waals surface area (Å²) in [5.41, 5.74) is 0.754. The summed E-state index contributed by atoms with van der Waals surface area (Å²) in [5, 5.41) is 14.9. The topological polar surface area (TPSA) is 96.3 Å². The Bertz CT molecular complexity index is 893. The van der Waals surface area contributed by atoms with E-state index in [2.05, 4.69) is 31.5 Å². The number of benzene rings is 1. The molecule has 1 heterocycles. The van der Waals surface area contributed by atoms with E-state index in [0.29, 0.717) is 17.3 Å². The summed E-state index contributed by atoms with van der Waals surface area (Å²) >= 11 is 3.33. The Morgan fingerprint density at radius 1 is 1.26 bits per heavy atom. The van der Waals surface area contributed by atoms with Gasteiger partial charge in [-0.2, -0.15) is 5.26 Å². The van der Waals surface area contributed by atoms with E-state index in [0.717, 1.165) is 10.0 Å². The van der Waals surface area contributed by atoms with Crippen LogP contribution in [0.1, 0.15) is 18.5 Å². The zero-order chi connectivity index (χ0) is 19.8. The second-order valence-electron chi connectivity index (χ2n) is 5.48. The molecule has 27 heavy (non-hydrogen) atoms. The summed E-state index contributed by atoms with van der Waals surface area (Å²) in [5.74, 6) is 1.18. The molecule has 0 radical (unpaired) electrons. The van der Waals surface area contributed by atoms with Crippen molar-refractivity contribution in [3.63, 3.8) is 0 Å². The first-order chi connectivity index (χ1) is 13.0. The van der Waals surface area contributed by atoms with Crippen LogP contribution in [0.2, 0.25) is 0 Å². The van der Waals surface area contributed by atoms with Crippen LogP contribution in [-0.4, -0.2) is 25.1 Å². The van der Waals surface area contributed by atoms with Crippen LogP contribution in [0, 0.1) is 11.3 Å². The van der Waals surface area contributed by atoms with Gasteiger partial charge in [0, 0.05) is 16.9 Å². The molecule has 0 spiro atoms. The van der Waals surface area contributed by atoms with Gasteiger partial charge < -0.3 is 20.1 Å². The van der Waals surface area contributed by atoms with Crippen molar-refractivity contribution in [2.45, 2.75) is 13.0 Å². The number of ether oxygens (including phenoxy) is 2. The van der Waals surface area contributed by atoms with E-state index in [1.165, 1.54) is 6.20 Å². The van der Waals surface area contributed by atoms with Gasteiger partial charge in [0.25, 0.3) is 5.91 Å². The molecule has 0 aliphatic carbocycles. The molecule has 0 saturated carbocycles. The van der Waals surface area contributed by atoms with Crippen LogP contribution in [-0.2, 0) is 4.79 Å². The third-order valence-corrected chi connectivity index (χ3v) is 4.20. The molecular weight excluding hydrogens is 412 g/mol. The molecule has 0 aliphatic rings. The van der Waals surface area contributed by atoms with E-state index in [1.54, 1.807) is 44.7 Å². The van der Waals surface area contributed by atoms with E-state index in [1.807, 2.05) is 19.1 Å². The Morgan fingerprint density at radius 2 is 2.00 bits per heavy atom. The lowest BCUT2D eigenvalue weighted by atomic mass is 10.1. The largest absolute Gasteiger partial charge is 0.493 e. The lowest BCUT2D eigenvalue weighted by Gasteiger charge is -2.16. The fourth-order valence-electron chi connectivity index (χ4n) is 2.26. The van der Waals surface area contributed by atoms with Crippen molar-refractivity contribution in [1.29, 1.82) is 5.26 Å². The Hall–Kier alpha value is -3.05. The Labute approximate surface area is 166 Å². The number of amides is 1. The van der Waals surface area contributed by atoms with E-state index in [-0.39, 0.29) is 11.6 Å². The van der Waals surface area contributed by atoms with Crippen LogP contribution in [0.5, 0.6) is 11.5 Å². The number of halogens is 1. The van der Waals surface area contributed by atoms with Gasteiger partial charge in [-0.1, -0.05) is 22.0 Å². The molecule has 8 heteroatoms. The second kappa shape index (κ2) is 9.59. The van der Waals surface area contributed by atoms with Crippen molar-refractivity contribution in [2.24, 2.45) is 0 Å². The van der Waals surface area contributed by atoms with Crippen molar-refractivity contribution in [1.82, 2.24) is 10.3 Å². The highest BCUT2D eigenvalue weighted by molar-refractivity contribution is 9.10. The van der Waals surface area contributed by atoms with Crippen LogP contribution >= 0.6 is 15.9 Å². The molecule has 1 aromatic carbocycles. The number of hydrogen-bond donors (Lipinski definition) is 2. The van der Waals surface area contributed by atoms with Gasteiger partial charge in [-0.3, -0.25) is 4.79 Å². The van der Waals surface area contributed by atoms with Crippen LogP contribution in [0.25, 0.3) is 0 Å². The fraction of sp³-hybridized carbons (Fsp3) is 0.211.